The van der Waals surface area contributed by atoms with E-state index >= 15 is 0 Å². The van der Waals surface area contributed by atoms with E-state index in [1.807, 2.05) is 0 Å². The Morgan fingerprint density at radius 2 is 2.00 bits per heavy atom. The minimum absolute atomic E-state index is 0.156. The number of halogens is 2. The van der Waals surface area contributed by atoms with Crippen molar-refractivity contribution in [3.63, 3.8) is 0 Å². The van der Waals surface area contributed by atoms with Crippen LogP contribution in [0.15, 0.2) is 42.6 Å². The van der Waals surface area contributed by atoms with Gasteiger partial charge in [0.2, 0.25) is 0 Å². The lowest BCUT2D eigenvalue weighted by molar-refractivity contribution is 0.350. The number of benzene rings is 1. The molecule has 0 aliphatic carbocycles. The van der Waals surface area contributed by atoms with Crippen LogP contribution in [0.25, 0.3) is 11.6 Å². The Hall–Kier alpha value is -1.71. The van der Waals surface area contributed by atoms with E-state index in [4.69, 9.17) is 11.6 Å². The third-order valence-electron chi connectivity index (χ3n) is 2.50. The fraction of sp³-hybridized carbons (Fsp3) is 0.0714. The highest BCUT2D eigenvalue weighted by Gasteiger charge is 2.03. The molecular weight excluding hydrogens is 253 g/mol. The molecule has 1 aromatic carbocycles. The molecule has 0 bridgehead atoms. The molecular formula is C14H11ClFNO. The summed E-state index contributed by atoms with van der Waals surface area (Å²) in [4.78, 5) is 3.95. The quantitative estimate of drug-likeness (QED) is 0.861. The summed E-state index contributed by atoms with van der Waals surface area (Å²) in [7, 11) is 0. The van der Waals surface area contributed by atoms with E-state index in [2.05, 4.69) is 4.98 Å². The van der Waals surface area contributed by atoms with E-state index in [9.17, 15) is 9.50 Å². The van der Waals surface area contributed by atoms with E-state index < -0.39 is 0 Å². The van der Waals surface area contributed by atoms with Crippen LogP contribution in [0.3, 0.4) is 0 Å². The van der Waals surface area contributed by atoms with Crippen LogP contribution in [-0.2, 0) is 0 Å². The SMILES string of the molecule is OCC(=Cc1cccnc1Cl)c1ccc(F)cc1. The lowest BCUT2D eigenvalue weighted by Gasteiger charge is -2.05. The van der Waals surface area contributed by atoms with E-state index in [1.165, 1.54) is 12.1 Å². The number of aliphatic hydroxyl groups excluding tert-OH is 1. The number of hydrogen-bond acceptors (Lipinski definition) is 2. The molecule has 0 spiro atoms. The second-order valence-corrected chi connectivity index (χ2v) is 4.08. The molecule has 4 heteroatoms. The fourth-order valence-corrected chi connectivity index (χ4v) is 1.75. The zero-order valence-electron chi connectivity index (χ0n) is 9.48. The lowest BCUT2D eigenvalue weighted by atomic mass is 10.0. The van der Waals surface area contributed by atoms with Crippen LogP contribution >= 0.6 is 11.6 Å². The molecule has 0 fully saturated rings. The van der Waals surface area contributed by atoms with E-state index in [-0.39, 0.29) is 12.4 Å². The Kier molecular flexibility index (Phi) is 4.07. The van der Waals surface area contributed by atoms with Crippen molar-refractivity contribution >= 4 is 23.3 Å². The summed E-state index contributed by atoms with van der Waals surface area (Å²) in [5.41, 5.74) is 2.12. The highest BCUT2D eigenvalue weighted by Crippen LogP contribution is 2.21. The Morgan fingerprint density at radius 1 is 1.28 bits per heavy atom. The van der Waals surface area contributed by atoms with Gasteiger partial charge in [-0.1, -0.05) is 29.8 Å². The average Bonchev–Trinajstić information content (AvgIpc) is 2.39. The molecule has 18 heavy (non-hydrogen) atoms. The minimum atomic E-state index is -0.310. The van der Waals surface area contributed by atoms with Crippen molar-refractivity contribution in [3.8, 4) is 0 Å². The van der Waals surface area contributed by atoms with Crippen LogP contribution in [0.5, 0.6) is 0 Å². The second-order valence-electron chi connectivity index (χ2n) is 3.72. The number of hydrogen-bond donors (Lipinski definition) is 1. The van der Waals surface area contributed by atoms with Gasteiger partial charge < -0.3 is 5.11 Å². The van der Waals surface area contributed by atoms with Gasteiger partial charge in [-0.25, -0.2) is 9.37 Å². The molecule has 1 heterocycles. The Morgan fingerprint density at radius 3 is 2.61 bits per heavy atom. The van der Waals surface area contributed by atoms with Gasteiger partial charge in [-0.3, -0.25) is 0 Å². The highest BCUT2D eigenvalue weighted by atomic mass is 35.5. The molecule has 92 valence electrons. The molecule has 0 aliphatic heterocycles. The first-order valence-electron chi connectivity index (χ1n) is 5.38. The molecule has 0 saturated carbocycles. The maximum absolute atomic E-state index is 12.8. The first-order valence-corrected chi connectivity index (χ1v) is 5.76. The van der Waals surface area contributed by atoms with Crippen LogP contribution in [-0.4, -0.2) is 16.7 Å². The van der Waals surface area contributed by atoms with Crippen LogP contribution < -0.4 is 0 Å². The third kappa shape index (κ3) is 2.94. The monoisotopic (exact) mass is 263 g/mol. The molecule has 1 aromatic heterocycles. The first-order chi connectivity index (χ1) is 8.70. The van der Waals surface area contributed by atoms with Crippen molar-refractivity contribution in [2.45, 2.75) is 0 Å². The minimum Gasteiger partial charge on any atom is -0.392 e. The summed E-state index contributed by atoms with van der Waals surface area (Å²) >= 11 is 5.94. The highest BCUT2D eigenvalue weighted by molar-refractivity contribution is 6.31. The van der Waals surface area contributed by atoms with E-state index in [0.717, 1.165) is 5.56 Å². The summed E-state index contributed by atoms with van der Waals surface area (Å²) in [6, 6.07) is 9.49. The topological polar surface area (TPSA) is 33.1 Å². The summed E-state index contributed by atoms with van der Waals surface area (Å²) in [5, 5.41) is 9.74. The molecule has 2 aromatic rings. The number of aliphatic hydroxyl groups is 1. The van der Waals surface area contributed by atoms with Gasteiger partial charge in [-0.05, 0) is 35.4 Å². The molecule has 1 N–H and O–H groups in total. The van der Waals surface area contributed by atoms with Crippen LogP contribution in [0, 0.1) is 5.82 Å². The smallest absolute Gasteiger partial charge is 0.136 e. The van der Waals surface area contributed by atoms with Gasteiger partial charge in [0.25, 0.3) is 0 Å². The molecule has 2 nitrogen and oxygen atoms in total. The number of nitrogens with zero attached hydrogens (tertiary/aromatic N) is 1. The summed E-state index contributed by atoms with van der Waals surface area (Å²) in [5.74, 6) is -0.310. The van der Waals surface area contributed by atoms with E-state index in [1.54, 1.807) is 36.5 Å². The van der Waals surface area contributed by atoms with Gasteiger partial charge >= 0.3 is 0 Å². The van der Waals surface area contributed by atoms with Crippen molar-refractivity contribution in [1.82, 2.24) is 4.98 Å². The largest absolute Gasteiger partial charge is 0.392 e. The van der Waals surface area contributed by atoms with Crippen molar-refractivity contribution in [3.05, 3.63) is 64.7 Å². The summed E-state index contributed by atoms with van der Waals surface area (Å²) in [6.45, 7) is -0.156. The zero-order chi connectivity index (χ0) is 13.0. The maximum atomic E-state index is 12.8. The number of aromatic nitrogens is 1. The van der Waals surface area contributed by atoms with Gasteiger partial charge in [-0.15, -0.1) is 0 Å². The van der Waals surface area contributed by atoms with Crippen LogP contribution in [0.2, 0.25) is 5.15 Å². The van der Waals surface area contributed by atoms with Gasteiger partial charge in [0.05, 0.1) is 6.61 Å². The zero-order valence-corrected chi connectivity index (χ0v) is 10.2. The standard InChI is InChI=1S/C14H11ClFNO/c15-14-11(2-1-7-17-14)8-12(9-18)10-3-5-13(16)6-4-10/h1-8,18H,9H2. The molecule has 0 unspecified atom stereocenters. The van der Waals surface area contributed by atoms with Gasteiger partial charge in [-0.2, -0.15) is 0 Å². The maximum Gasteiger partial charge on any atom is 0.136 e. The third-order valence-corrected chi connectivity index (χ3v) is 2.82. The van der Waals surface area contributed by atoms with Crippen LogP contribution in [0.1, 0.15) is 11.1 Å². The molecule has 0 aliphatic rings. The van der Waals surface area contributed by atoms with Crippen LogP contribution in [0.4, 0.5) is 4.39 Å². The van der Waals surface area contributed by atoms with Gasteiger partial charge in [0.1, 0.15) is 11.0 Å². The lowest BCUT2D eigenvalue weighted by Crippen LogP contribution is -1.91. The fourth-order valence-electron chi connectivity index (χ4n) is 1.58. The Bertz CT molecular complexity index is 566. The average molecular weight is 264 g/mol. The van der Waals surface area contributed by atoms with Crippen molar-refractivity contribution in [2.24, 2.45) is 0 Å². The van der Waals surface area contributed by atoms with Gasteiger partial charge in [0.15, 0.2) is 0 Å². The molecule has 0 atom stereocenters. The number of pyridine rings is 1. The second kappa shape index (κ2) is 5.76. The Balaban J connectivity index is 2.40. The predicted molar refractivity (Wildman–Crippen MR) is 70.6 cm³/mol. The molecule has 0 amide bonds. The number of rotatable bonds is 3. The summed E-state index contributed by atoms with van der Waals surface area (Å²) in [6.07, 6.45) is 3.33. The van der Waals surface area contributed by atoms with Crippen molar-refractivity contribution in [1.29, 1.82) is 0 Å². The van der Waals surface area contributed by atoms with Gasteiger partial charge in [0, 0.05) is 11.8 Å². The molecule has 2 rings (SSSR count). The first kappa shape index (κ1) is 12.7. The van der Waals surface area contributed by atoms with Crippen molar-refractivity contribution < 1.29 is 9.50 Å². The predicted octanol–water partition coefficient (Wildman–Crippen LogP) is 3.41. The molecule has 0 radical (unpaired) electrons. The Labute approximate surface area is 109 Å². The van der Waals surface area contributed by atoms with E-state index in [0.29, 0.717) is 16.3 Å². The normalized spacial score (nSPS) is 11.6. The molecule has 0 saturated heterocycles. The summed E-state index contributed by atoms with van der Waals surface area (Å²) < 4.78 is 12.8. The van der Waals surface area contributed by atoms with Crippen molar-refractivity contribution in [2.75, 3.05) is 6.61 Å².